The van der Waals surface area contributed by atoms with Crippen LogP contribution in [0.4, 0.5) is 0 Å². The number of esters is 1. The van der Waals surface area contributed by atoms with Crippen molar-refractivity contribution in [3.63, 3.8) is 0 Å². The van der Waals surface area contributed by atoms with E-state index in [1.807, 2.05) is 0 Å². The molecule has 5 heteroatoms. The number of carbonyl (C=O) groups excluding carboxylic acids is 2. The highest BCUT2D eigenvalue weighted by Gasteiger charge is 2.20. The van der Waals surface area contributed by atoms with Gasteiger partial charge in [0.1, 0.15) is 5.78 Å². The number of ketones is 1. The van der Waals surface area contributed by atoms with Gasteiger partial charge in [-0.05, 0) is 64.5 Å². The number of nitrogens with zero attached hydrogens (tertiary/aromatic N) is 1. The van der Waals surface area contributed by atoms with Gasteiger partial charge in [0.25, 0.3) is 0 Å². The molecule has 49 heavy (non-hydrogen) atoms. The summed E-state index contributed by atoms with van der Waals surface area (Å²) in [4.78, 5) is 28.5. The van der Waals surface area contributed by atoms with Crippen LogP contribution in [0, 0.1) is 11.8 Å². The van der Waals surface area contributed by atoms with Crippen molar-refractivity contribution in [1.29, 1.82) is 0 Å². The van der Waals surface area contributed by atoms with Crippen molar-refractivity contribution in [2.24, 2.45) is 11.8 Å². The molecule has 0 spiro atoms. The number of ether oxygens (including phenoxy) is 1. The van der Waals surface area contributed by atoms with Crippen LogP contribution in [0.25, 0.3) is 0 Å². The molecule has 0 amide bonds. The van der Waals surface area contributed by atoms with E-state index in [0.29, 0.717) is 18.9 Å². The minimum Gasteiger partial charge on any atom is -0.465 e. The highest BCUT2D eigenvalue weighted by molar-refractivity contribution is 5.80. The molecular weight excluding hydrogens is 606 g/mol. The van der Waals surface area contributed by atoms with E-state index in [4.69, 9.17) is 4.74 Å². The summed E-state index contributed by atoms with van der Waals surface area (Å²) in [7, 11) is 0. The van der Waals surface area contributed by atoms with Crippen molar-refractivity contribution in [1.82, 2.24) is 4.90 Å². The van der Waals surface area contributed by atoms with Crippen molar-refractivity contribution in [2.75, 3.05) is 32.8 Å². The Labute approximate surface area is 306 Å². The summed E-state index contributed by atoms with van der Waals surface area (Å²) in [6.07, 6.45) is 36.4. The molecule has 0 fully saturated rings. The summed E-state index contributed by atoms with van der Waals surface area (Å²) in [6, 6.07) is 0. The highest BCUT2D eigenvalue weighted by atomic mass is 16.5. The van der Waals surface area contributed by atoms with Gasteiger partial charge in [0.2, 0.25) is 0 Å². The van der Waals surface area contributed by atoms with Crippen LogP contribution in [0.3, 0.4) is 0 Å². The van der Waals surface area contributed by atoms with Crippen LogP contribution >= 0.6 is 0 Å². The van der Waals surface area contributed by atoms with Gasteiger partial charge in [-0.25, -0.2) is 0 Å². The number of rotatable bonds is 40. The van der Waals surface area contributed by atoms with Crippen molar-refractivity contribution in [3.8, 4) is 0 Å². The minimum atomic E-state index is 0.0287. The largest absolute Gasteiger partial charge is 0.465 e. The first-order valence-electron chi connectivity index (χ1n) is 22.1. The smallest absolute Gasteiger partial charge is 0.308 e. The van der Waals surface area contributed by atoms with Crippen LogP contribution in [0.1, 0.15) is 227 Å². The van der Waals surface area contributed by atoms with Gasteiger partial charge in [-0.2, -0.15) is 0 Å². The molecule has 0 heterocycles. The Balaban J connectivity index is 4.43. The summed E-state index contributed by atoms with van der Waals surface area (Å²) >= 11 is 0. The summed E-state index contributed by atoms with van der Waals surface area (Å²) in [6.45, 7) is 12.3. The third-order valence-electron chi connectivity index (χ3n) is 10.6. The molecular formula is C44H87NO4. The highest BCUT2D eigenvalue weighted by Crippen LogP contribution is 2.23. The van der Waals surface area contributed by atoms with Crippen LogP contribution in [-0.2, 0) is 14.3 Å². The molecule has 1 N–H and O–H groups in total. The molecule has 292 valence electrons. The molecule has 2 atom stereocenters. The maximum absolute atomic E-state index is 13.2. The molecule has 0 saturated heterocycles. The van der Waals surface area contributed by atoms with E-state index in [-0.39, 0.29) is 24.4 Å². The molecule has 0 rings (SSSR count). The van der Waals surface area contributed by atoms with E-state index < -0.39 is 0 Å². The quantitative estimate of drug-likeness (QED) is 0.0511. The number of hydrogen-bond acceptors (Lipinski definition) is 5. The Morgan fingerprint density at radius 3 is 1.33 bits per heavy atom. The zero-order valence-electron chi connectivity index (χ0n) is 33.7. The Hall–Kier alpha value is -0.940. The Morgan fingerprint density at radius 2 is 0.857 bits per heavy atom. The van der Waals surface area contributed by atoms with Crippen LogP contribution in [0.15, 0.2) is 0 Å². The van der Waals surface area contributed by atoms with E-state index in [0.717, 1.165) is 90.1 Å². The zero-order valence-corrected chi connectivity index (χ0v) is 33.7. The first-order chi connectivity index (χ1) is 24.0. The number of aliphatic hydroxyl groups excluding tert-OH is 1. The van der Waals surface area contributed by atoms with Gasteiger partial charge in [-0.3, -0.25) is 9.59 Å². The molecule has 0 aliphatic rings. The number of hydrogen-bond donors (Lipinski definition) is 1. The van der Waals surface area contributed by atoms with Gasteiger partial charge in [0.15, 0.2) is 0 Å². The van der Waals surface area contributed by atoms with E-state index in [9.17, 15) is 14.7 Å². The lowest BCUT2D eigenvalue weighted by molar-refractivity contribution is -0.149. The number of aliphatic hydroxyl groups is 1. The molecule has 2 unspecified atom stereocenters. The van der Waals surface area contributed by atoms with E-state index in [1.54, 1.807) is 0 Å². The van der Waals surface area contributed by atoms with Crippen LogP contribution in [0.5, 0.6) is 0 Å². The summed E-state index contributed by atoms with van der Waals surface area (Å²) in [5.41, 5.74) is 0. The summed E-state index contributed by atoms with van der Waals surface area (Å²) in [5.74, 6) is 0.885. The van der Waals surface area contributed by atoms with Gasteiger partial charge in [0, 0.05) is 18.9 Å². The second-order valence-electron chi connectivity index (χ2n) is 15.3. The number of Topliss-reactive ketones (excluding diaryl/α,β-unsaturated/α-hetero) is 1. The maximum atomic E-state index is 13.2. The average Bonchev–Trinajstić information content (AvgIpc) is 3.10. The third kappa shape index (κ3) is 31.5. The molecule has 0 aromatic carbocycles. The molecule has 0 bridgehead atoms. The fourth-order valence-electron chi connectivity index (χ4n) is 7.22. The third-order valence-corrected chi connectivity index (χ3v) is 10.6. The van der Waals surface area contributed by atoms with E-state index in [2.05, 4.69) is 32.6 Å². The standard InChI is InChI=1S/C44H87NO4/c1-5-9-13-17-20-24-32-41(31-23-16-12-8-4)43(47)35-27-22-28-36-45(38-39-46)37-29-30-40-49-44(48)42(33-25-19-15-11-7-3)34-26-21-18-14-10-6-2/h41-42,46H,5-40H2,1-4H3. The monoisotopic (exact) mass is 694 g/mol. The molecule has 5 nitrogen and oxygen atoms in total. The maximum Gasteiger partial charge on any atom is 0.308 e. The van der Waals surface area contributed by atoms with Gasteiger partial charge < -0.3 is 14.7 Å². The molecule has 0 aliphatic heterocycles. The lowest BCUT2D eigenvalue weighted by Crippen LogP contribution is -2.29. The Bertz CT molecular complexity index is 698. The van der Waals surface area contributed by atoms with Crippen molar-refractivity contribution in [3.05, 3.63) is 0 Å². The summed E-state index contributed by atoms with van der Waals surface area (Å²) in [5, 5.41) is 9.64. The van der Waals surface area contributed by atoms with Gasteiger partial charge in [-0.15, -0.1) is 0 Å². The topological polar surface area (TPSA) is 66.8 Å². The van der Waals surface area contributed by atoms with Crippen molar-refractivity contribution >= 4 is 11.8 Å². The van der Waals surface area contributed by atoms with E-state index in [1.165, 1.54) is 122 Å². The van der Waals surface area contributed by atoms with Crippen LogP contribution < -0.4 is 0 Å². The van der Waals surface area contributed by atoms with Gasteiger partial charge >= 0.3 is 5.97 Å². The second kappa shape index (κ2) is 38.3. The number of unbranched alkanes of at least 4 members (excludes halogenated alkanes) is 20. The molecule has 0 saturated carbocycles. The van der Waals surface area contributed by atoms with Gasteiger partial charge in [0.05, 0.1) is 19.1 Å². The summed E-state index contributed by atoms with van der Waals surface area (Å²) < 4.78 is 5.82. The minimum absolute atomic E-state index is 0.0287. The molecule has 0 radical (unpaired) electrons. The fourth-order valence-corrected chi connectivity index (χ4v) is 7.22. The lowest BCUT2D eigenvalue weighted by atomic mass is 9.88. The predicted octanol–water partition coefficient (Wildman–Crippen LogP) is 12.8. The average molecular weight is 694 g/mol. The van der Waals surface area contributed by atoms with Crippen molar-refractivity contribution < 1.29 is 19.4 Å². The fraction of sp³-hybridized carbons (Fsp3) is 0.955. The van der Waals surface area contributed by atoms with Crippen LogP contribution in [-0.4, -0.2) is 54.6 Å². The SMILES string of the molecule is CCCCCCCCC(CCCCCC)C(=O)CCCCCN(CCO)CCCCOC(=O)C(CCCCCCC)CCCCCCCC. The van der Waals surface area contributed by atoms with E-state index >= 15 is 0 Å². The molecule has 0 aromatic rings. The predicted molar refractivity (Wildman–Crippen MR) is 212 cm³/mol. The Morgan fingerprint density at radius 1 is 0.469 bits per heavy atom. The van der Waals surface area contributed by atoms with Crippen LogP contribution in [0.2, 0.25) is 0 Å². The first kappa shape index (κ1) is 48.1. The molecule has 0 aromatic heterocycles. The molecule has 0 aliphatic carbocycles. The second-order valence-corrected chi connectivity index (χ2v) is 15.3. The first-order valence-corrected chi connectivity index (χ1v) is 22.1. The lowest BCUT2D eigenvalue weighted by Gasteiger charge is -2.21. The normalized spacial score (nSPS) is 12.9. The number of carbonyl (C=O) groups is 2. The van der Waals surface area contributed by atoms with Gasteiger partial charge in [-0.1, -0.05) is 169 Å². The van der Waals surface area contributed by atoms with Crippen molar-refractivity contribution in [2.45, 2.75) is 227 Å². The zero-order chi connectivity index (χ0) is 36.0. The Kier molecular flexibility index (Phi) is 37.6.